The summed E-state index contributed by atoms with van der Waals surface area (Å²) >= 11 is 0. The van der Waals surface area contributed by atoms with Gasteiger partial charge >= 0.3 is 0 Å². The van der Waals surface area contributed by atoms with Crippen molar-refractivity contribution < 1.29 is 4.79 Å². The molecule has 4 aromatic rings. The lowest BCUT2D eigenvalue weighted by molar-refractivity contribution is 0.0955. The second-order valence-corrected chi connectivity index (χ2v) is 8.15. The van der Waals surface area contributed by atoms with Crippen LogP contribution in [0.3, 0.4) is 0 Å². The maximum absolute atomic E-state index is 13.2. The molecule has 0 aliphatic heterocycles. The molecule has 2 N–H and O–H groups in total. The van der Waals surface area contributed by atoms with E-state index in [1.165, 1.54) is 0 Å². The molecular formula is C25H26N6O. The summed E-state index contributed by atoms with van der Waals surface area (Å²) in [6.45, 7) is 3.30. The second-order valence-electron chi connectivity index (χ2n) is 8.15. The first-order chi connectivity index (χ1) is 15.7. The third kappa shape index (κ3) is 4.19. The zero-order valence-electron chi connectivity index (χ0n) is 18.1. The van der Waals surface area contributed by atoms with Crippen molar-refractivity contribution in [3.8, 4) is 5.82 Å². The number of carbonyl (C=O) groups is 1. The van der Waals surface area contributed by atoms with E-state index in [9.17, 15) is 4.79 Å². The van der Waals surface area contributed by atoms with Gasteiger partial charge in [0.1, 0.15) is 0 Å². The Labute approximate surface area is 186 Å². The summed E-state index contributed by atoms with van der Waals surface area (Å²) in [5.74, 6) is 1.04. The van der Waals surface area contributed by atoms with Gasteiger partial charge in [-0.25, -0.2) is 9.97 Å². The number of pyridine rings is 2. The van der Waals surface area contributed by atoms with E-state index >= 15 is 0 Å². The van der Waals surface area contributed by atoms with Gasteiger partial charge in [0.15, 0.2) is 11.5 Å². The normalized spacial score (nSPS) is 13.3. The fourth-order valence-corrected chi connectivity index (χ4v) is 3.89. The molecule has 1 aliphatic carbocycles. The smallest absolute Gasteiger partial charge is 0.252 e. The van der Waals surface area contributed by atoms with Crippen molar-refractivity contribution in [2.45, 2.75) is 32.1 Å². The van der Waals surface area contributed by atoms with Crippen LogP contribution in [0.15, 0.2) is 60.8 Å². The average Bonchev–Trinajstić information content (AvgIpc) is 3.63. The zero-order valence-corrected chi connectivity index (χ0v) is 18.1. The van der Waals surface area contributed by atoms with Crippen molar-refractivity contribution in [1.82, 2.24) is 25.1 Å². The molecule has 1 aromatic carbocycles. The standard InChI is InChI=1S/C25H26N6O/c1-17-23-20(25(32)28-15-7-14-26-19-8-3-2-4-9-19)16-21(18-11-12-18)29-24(23)31(30-17)22-10-5-6-13-27-22/h2-6,8-10,13,16,18,26H,7,11-12,14-15H2,1H3,(H,28,32). The maximum Gasteiger partial charge on any atom is 0.252 e. The second kappa shape index (κ2) is 8.78. The number of amides is 1. The number of nitrogens with zero attached hydrogens (tertiary/aromatic N) is 4. The van der Waals surface area contributed by atoms with Gasteiger partial charge in [-0.05, 0) is 56.5 Å². The fourth-order valence-electron chi connectivity index (χ4n) is 3.89. The van der Waals surface area contributed by atoms with Gasteiger partial charge in [0.05, 0.1) is 16.6 Å². The molecule has 0 radical (unpaired) electrons. The molecule has 0 bridgehead atoms. The summed E-state index contributed by atoms with van der Waals surface area (Å²) in [5.41, 5.74) is 4.16. The Morgan fingerprint density at radius 1 is 1.09 bits per heavy atom. The molecule has 0 saturated heterocycles. The van der Waals surface area contributed by atoms with E-state index < -0.39 is 0 Å². The molecule has 5 rings (SSSR count). The summed E-state index contributed by atoms with van der Waals surface area (Å²) in [6.07, 6.45) is 4.79. The molecule has 3 heterocycles. The number of carbonyl (C=O) groups excluding carboxylic acids is 1. The molecular weight excluding hydrogens is 400 g/mol. The summed E-state index contributed by atoms with van der Waals surface area (Å²) in [7, 11) is 0. The Hall–Kier alpha value is -3.74. The van der Waals surface area contributed by atoms with Gasteiger partial charge in [0.2, 0.25) is 0 Å². The van der Waals surface area contributed by atoms with Crippen molar-refractivity contribution in [2.75, 3.05) is 18.4 Å². The van der Waals surface area contributed by atoms with Crippen LogP contribution >= 0.6 is 0 Å². The molecule has 1 amide bonds. The highest BCUT2D eigenvalue weighted by Gasteiger charge is 2.29. The minimum absolute atomic E-state index is 0.0809. The SMILES string of the molecule is Cc1nn(-c2ccccn2)c2nc(C3CC3)cc(C(=O)NCCCNc3ccccc3)c12. The number of fused-ring (bicyclic) bond motifs is 1. The van der Waals surface area contributed by atoms with E-state index in [-0.39, 0.29) is 5.91 Å². The van der Waals surface area contributed by atoms with Crippen molar-refractivity contribution in [3.63, 3.8) is 0 Å². The zero-order chi connectivity index (χ0) is 21.9. The van der Waals surface area contributed by atoms with Gasteiger partial charge in [-0.3, -0.25) is 4.79 Å². The lowest BCUT2D eigenvalue weighted by Crippen LogP contribution is -2.26. The molecule has 32 heavy (non-hydrogen) atoms. The molecule has 162 valence electrons. The Bertz CT molecular complexity index is 1230. The van der Waals surface area contributed by atoms with Gasteiger partial charge in [-0.1, -0.05) is 24.3 Å². The molecule has 7 nitrogen and oxygen atoms in total. The number of aryl methyl sites for hydroxylation is 1. The van der Waals surface area contributed by atoms with Gasteiger partial charge < -0.3 is 10.6 Å². The number of nitrogens with one attached hydrogen (secondary N) is 2. The minimum Gasteiger partial charge on any atom is -0.385 e. The van der Waals surface area contributed by atoms with E-state index in [4.69, 9.17) is 4.98 Å². The summed E-state index contributed by atoms with van der Waals surface area (Å²) in [4.78, 5) is 22.5. The van der Waals surface area contributed by atoms with Gasteiger partial charge in [0, 0.05) is 36.6 Å². The monoisotopic (exact) mass is 426 g/mol. The van der Waals surface area contributed by atoms with E-state index in [1.807, 2.05) is 61.5 Å². The molecule has 0 spiro atoms. The highest BCUT2D eigenvalue weighted by atomic mass is 16.1. The number of hydrogen-bond donors (Lipinski definition) is 2. The summed E-state index contributed by atoms with van der Waals surface area (Å²) < 4.78 is 1.75. The van der Waals surface area contributed by atoms with E-state index in [0.717, 1.165) is 48.3 Å². The number of benzene rings is 1. The van der Waals surface area contributed by atoms with Crippen LogP contribution in [0.5, 0.6) is 0 Å². The highest BCUT2D eigenvalue weighted by molar-refractivity contribution is 6.06. The lowest BCUT2D eigenvalue weighted by atomic mass is 10.1. The summed E-state index contributed by atoms with van der Waals surface area (Å²) in [6, 6.07) is 17.7. The van der Waals surface area contributed by atoms with Crippen LogP contribution in [0.4, 0.5) is 5.69 Å². The molecule has 7 heteroatoms. The van der Waals surface area contributed by atoms with Crippen LogP contribution in [0.2, 0.25) is 0 Å². The lowest BCUT2D eigenvalue weighted by Gasteiger charge is -2.10. The topological polar surface area (TPSA) is 84.7 Å². The third-order valence-corrected chi connectivity index (χ3v) is 5.68. The van der Waals surface area contributed by atoms with E-state index in [1.54, 1.807) is 10.9 Å². The number of hydrogen-bond acceptors (Lipinski definition) is 5. The number of rotatable bonds is 8. The van der Waals surface area contributed by atoms with Crippen molar-refractivity contribution >= 4 is 22.6 Å². The quantitative estimate of drug-likeness (QED) is 0.412. The minimum atomic E-state index is -0.0809. The Morgan fingerprint density at radius 3 is 2.66 bits per heavy atom. The highest BCUT2D eigenvalue weighted by Crippen LogP contribution is 2.40. The molecule has 0 unspecified atom stereocenters. The van der Waals surface area contributed by atoms with Crippen LogP contribution < -0.4 is 10.6 Å². The predicted molar refractivity (Wildman–Crippen MR) is 125 cm³/mol. The van der Waals surface area contributed by atoms with Crippen LogP contribution in [0, 0.1) is 6.92 Å². The molecule has 1 aliphatic rings. The first kappa shape index (κ1) is 20.2. The molecule has 3 aromatic heterocycles. The van der Waals surface area contributed by atoms with Crippen molar-refractivity contribution in [3.05, 3.63) is 77.7 Å². The number of para-hydroxylation sites is 1. The first-order valence-electron chi connectivity index (χ1n) is 11.1. The van der Waals surface area contributed by atoms with Gasteiger partial charge in [-0.15, -0.1) is 0 Å². The van der Waals surface area contributed by atoms with Gasteiger partial charge in [0.25, 0.3) is 5.91 Å². The van der Waals surface area contributed by atoms with Crippen molar-refractivity contribution in [2.24, 2.45) is 0 Å². The average molecular weight is 427 g/mol. The largest absolute Gasteiger partial charge is 0.385 e. The van der Waals surface area contributed by atoms with E-state index in [0.29, 0.717) is 29.5 Å². The Kier molecular flexibility index (Phi) is 5.54. The molecule has 0 atom stereocenters. The van der Waals surface area contributed by atoms with Crippen LogP contribution in [0.25, 0.3) is 16.9 Å². The van der Waals surface area contributed by atoms with Crippen LogP contribution in [-0.2, 0) is 0 Å². The third-order valence-electron chi connectivity index (χ3n) is 5.68. The Morgan fingerprint density at radius 2 is 1.91 bits per heavy atom. The van der Waals surface area contributed by atoms with Gasteiger partial charge in [-0.2, -0.15) is 9.78 Å². The number of anilines is 1. The molecule has 1 saturated carbocycles. The van der Waals surface area contributed by atoms with E-state index in [2.05, 4.69) is 20.7 Å². The predicted octanol–water partition coefficient (Wildman–Crippen LogP) is 4.23. The van der Waals surface area contributed by atoms with Crippen LogP contribution in [0.1, 0.15) is 46.9 Å². The first-order valence-corrected chi connectivity index (χ1v) is 11.1. The van der Waals surface area contributed by atoms with Crippen molar-refractivity contribution in [1.29, 1.82) is 0 Å². The Balaban J connectivity index is 1.36. The molecule has 1 fully saturated rings. The maximum atomic E-state index is 13.2. The summed E-state index contributed by atoms with van der Waals surface area (Å²) in [5, 5.41) is 11.9. The fraction of sp³-hybridized carbons (Fsp3) is 0.280. The van der Waals surface area contributed by atoms with Crippen LogP contribution in [-0.4, -0.2) is 38.7 Å². The number of aromatic nitrogens is 4.